The van der Waals surface area contributed by atoms with Gasteiger partial charge < -0.3 is 19.5 Å². The van der Waals surface area contributed by atoms with Crippen molar-refractivity contribution >= 4 is 5.91 Å². The zero-order valence-electron chi connectivity index (χ0n) is 17.6. The number of carbonyl (C=O) groups is 1. The Morgan fingerprint density at radius 1 is 0.933 bits per heavy atom. The van der Waals surface area contributed by atoms with E-state index in [-0.39, 0.29) is 18.0 Å². The first kappa shape index (κ1) is 23.4. The molecule has 8 heteroatoms. The summed E-state index contributed by atoms with van der Waals surface area (Å²) >= 11 is 0. The lowest BCUT2D eigenvalue weighted by molar-refractivity contribution is -0.137. The van der Waals surface area contributed by atoms with E-state index in [1.807, 2.05) is 0 Å². The molecule has 0 spiro atoms. The van der Waals surface area contributed by atoms with Gasteiger partial charge in [-0.2, -0.15) is 13.2 Å². The molecule has 164 valence electrons. The third-order valence-electron chi connectivity index (χ3n) is 4.96. The number of amides is 1. The van der Waals surface area contributed by atoms with Gasteiger partial charge in [-0.25, -0.2) is 0 Å². The highest BCUT2D eigenvalue weighted by Crippen LogP contribution is 2.35. The van der Waals surface area contributed by atoms with Crippen molar-refractivity contribution in [2.24, 2.45) is 0 Å². The molecule has 0 saturated carbocycles. The number of hydrogen-bond donors (Lipinski definition) is 1. The van der Waals surface area contributed by atoms with Gasteiger partial charge >= 0.3 is 6.18 Å². The summed E-state index contributed by atoms with van der Waals surface area (Å²) in [7, 11) is 4.57. The minimum Gasteiger partial charge on any atom is -0.496 e. The van der Waals surface area contributed by atoms with Crippen LogP contribution in [0.15, 0.2) is 36.4 Å². The lowest BCUT2D eigenvalue weighted by atomic mass is 9.83. The Labute approximate surface area is 174 Å². The van der Waals surface area contributed by atoms with Crippen LogP contribution in [0.3, 0.4) is 0 Å². The fourth-order valence-corrected chi connectivity index (χ4v) is 3.06. The zero-order valence-corrected chi connectivity index (χ0v) is 17.6. The molecule has 0 bridgehead atoms. The molecule has 2 aromatic carbocycles. The van der Waals surface area contributed by atoms with Gasteiger partial charge in [0.15, 0.2) is 0 Å². The third-order valence-corrected chi connectivity index (χ3v) is 4.96. The number of benzene rings is 2. The average Bonchev–Trinajstić information content (AvgIpc) is 2.72. The summed E-state index contributed by atoms with van der Waals surface area (Å²) < 4.78 is 55.0. The Hall–Kier alpha value is -2.90. The molecule has 30 heavy (non-hydrogen) atoms. The maximum absolute atomic E-state index is 13.0. The average molecular weight is 425 g/mol. The molecule has 2 aromatic rings. The molecule has 1 N–H and O–H groups in total. The van der Waals surface area contributed by atoms with Crippen molar-refractivity contribution in [3.05, 3.63) is 53.1 Å². The molecule has 0 aliphatic heterocycles. The number of nitrogens with one attached hydrogen (secondary N) is 1. The van der Waals surface area contributed by atoms with Crippen molar-refractivity contribution in [2.75, 3.05) is 27.9 Å². The van der Waals surface area contributed by atoms with Gasteiger partial charge in [-0.3, -0.25) is 4.79 Å². The van der Waals surface area contributed by atoms with Crippen LogP contribution >= 0.6 is 0 Å². The van der Waals surface area contributed by atoms with Crippen LogP contribution in [0.2, 0.25) is 0 Å². The van der Waals surface area contributed by atoms with Gasteiger partial charge in [0.05, 0.1) is 32.3 Å². The van der Waals surface area contributed by atoms with Crippen molar-refractivity contribution in [3.8, 4) is 17.2 Å². The molecule has 2 rings (SSSR count). The molecule has 0 heterocycles. The fourth-order valence-electron chi connectivity index (χ4n) is 3.06. The number of rotatable bonds is 8. The molecule has 0 aliphatic rings. The highest BCUT2D eigenvalue weighted by atomic mass is 19.4. The topological polar surface area (TPSA) is 56.8 Å². The second kappa shape index (κ2) is 9.28. The van der Waals surface area contributed by atoms with Crippen LogP contribution in [0, 0.1) is 0 Å². The van der Waals surface area contributed by atoms with E-state index in [2.05, 4.69) is 5.32 Å². The third kappa shape index (κ3) is 5.17. The molecular formula is C22H26F3NO4. The molecule has 0 saturated heterocycles. The largest absolute Gasteiger partial charge is 0.496 e. The molecule has 0 aliphatic carbocycles. The second-order valence-corrected chi connectivity index (χ2v) is 7.22. The van der Waals surface area contributed by atoms with Crippen molar-refractivity contribution in [1.29, 1.82) is 0 Å². The van der Waals surface area contributed by atoms with E-state index >= 15 is 0 Å². The first-order valence-electron chi connectivity index (χ1n) is 9.29. The molecule has 0 fully saturated rings. The van der Waals surface area contributed by atoms with E-state index in [1.165, 1.54) is 33.5 Å². The van der Waals surface area contributed by atoms with Crippen LogP contribution in [0.5, 0.6) is 17.2 Å². The van der Waals surface area contributed by atoms with Gasteiger partial charge in [0.2, 0.25) is 5.91 Å². The van der Waals surface area contributed by atoms with Gasteiger partial charge in [-0.05, 0) is 31.9 Å². The van der Waals surface area contributed by atoms with Crippen LogP contribution in [0.25, 0.3) is 0 Å². The normalized spacial score (nSPS) is 11.7. The first-order valence-corrected chi connectivity index (χ1v) is 9.29. The molecule has 1 amide bonds. The van der Waals surface area contributed by atoms with E-state index in [1.54, 1.807) is 26.0 Å². The van der Waals surface area contributed by atoms with Crippen molar-refractivity contribution in [2.45, 2.75) is 31.9 Å². The van der Waals surface area contributed by atoms with E-state index < -0.39 is 17.2 Å². The summed E-state index contributed by atoms with van der Waals surface area (Å²) in [5, 5.41) is 2.80. The minimum atomic E-state index is -4.47. The lowest BCUT2D eigenvalue weighted by Crippen LogP contribution is -2.41. The lowest BCUT2D eigenvalue weighted by Gasteiger charge is -2.25. The van der Waals surface area contributed by atoms with Gasteiger partial charge in [0.1, 0.15) is 17.2 Å². The Balaban J connectivity index is 2.14. The van der Waals surface area contributed by atoms with Gasteiger partial charge in [0, 0.05) is 24.2 Å². The van der Waals surface area contributed by atoms with Crippen LogP contribution in [-0.4, -0.2) is 33.8 Å². The molecular weight excluding hydrogens is 399 g/mol. The predicted octanol–water partition coefficient (Wildman–Crippen LogP) is 4.37. The minimum absolute atomic E-state index is 0.250. The number of halogens is 3. The SMILES string of the molecule is COc1cc(OC)c(CCNC(=O)C(C)(C)c2cccc(C(F)(F)F)c2)c(OC)c1. The highest BCUT2D eigenvalue weighted by molar-refractivity contribution is 5.87. The number of methoxy groups -OCH3 is 3. The maximum Gasteiger partial charge on any atom is 0.416 e. The van der Waals surface area contributed by atoms with Crippen LogP contribution in [0.1, 0.15) is 30.5 Å². The van der Waals surface area contributed by atoms with E-state index in [0.717, 1.165) is 17.7 Å². The maximum atomic E-state index is 13.0. The molecule has 0 radical (unpaired) electrons. The van der Waals surface area contributed by atoms with Gasteiger partial charge in [0.25, 0.3) is 0 Å². The van der Waals surface area contributed by atoms with Crippen LogP contribution in [0.4, 0.5) is 13.2 Å². The van der Waals surface area contributed by atoms with Crippen molar-refractivity contribution < 1.29 is 32.2 Å². The summed E-state index contributed by atoms with van der Waals surface area (Å²) in [5.41, 5.74) is -0.893. The summed E-state index contributed by atoms with van der Waals surface area (Å²) in [6.45, 7) is 3.43. The molecule has 0 unspecified atom stereocenters. The summed E-state index contributed by atoms with van der Waals surface area (Å²) in [6.07, 6.45) is -4.06. The number of alkyl halides is 3. The Morgan fingerprint density at radius 2 is 1.50 bits per heavy atom. The number of ether oxygens (including phenoxy) is 3. The monoisotopic (exact) mass is 425 g/mol. The first-order chi connectivity index (χ1) is 14.0. The summed E-state index contributed by atoms with van der Waals surface area (Å²) in [6, 6.07) is 8.25. The second-order valence-electron chi connectivity index (χ2n) is 7.22. The number of hydrogen-bond acceptors (Lipinski definition) is 4. The predicted molar refractivity (Wildman–Crippen MR) is 107 cm³/mol. The molecule has 5 nitrogen and oxygen atoms in total. The Morgan fingerprint density at radius 3 is 2.00 bits per heavy atom. The van der Waals surface area contributed by atoms with E-state index in [4.69, 9.17) is 14.2 Å². The molecule has 0 aromatic heterocycles. The van der Waals surface area contributed by atoms with Gasteiger partial charge in [-0.1, -0.05) is 18.2 Å². The summed E-state index contributed by atoms with van der Waals surface area (Å²) in [5.74, 6) is 1.30. The Bertz CT molecular complexity index is 869. The van der Waals surface area contributed by atoms with Crippen molar-refractivity contribution in [1.82, 2.24) is 5.32 Å². The Kier molecular flexibility index (Phi) is 7.23. The van der Waals surface area contributed by atoms with E-state index in [9.17, 15) is 18.0 Å². The van der Waals surface area contributed by atoms with Crippen molar-refractivity contribution in [3.63, 3.8) is 0 Å². The summed E-state index contributed by atoms with van der Waals surface area (Å²) in [4.78, 5) is 12.8. The highest BCUT2D eigenvalue weighted by Gasteiger charge is 2.34. The van der Waals surface area contributed by atoms with Crippen LogP contribution < -0.4 is 19.5 Å². The quantitative estimate of drug-likeness (QED) is 0.683. The fraction of sp³-hybridized carbons (Fsp3) is 0.409. The zero-order chi connectivity index (χ0) is 22.5. The van der Waals surface area contributed by atoms with E-state index in [0.29, 0.717) is 23.7 Å². The number of carbonyl (C=O) groups excluding carboxylic acids is 1. The smallest absolute Gasteiger partial charge is 0.416 e. The molecule has 0 atom stereocenters. The van der Waals surface area contributed by atoms with Gasteiger partial charge in [-0.15, -0.1) is 0 Å². The standard InChI is InChI=1S/C22H26F3NO4/c1-21(2,14-7-6-8-15(11-14)22(23,24)25)20(27)26-10-9-17-18(29-4)12-16(28-3)13-19(17)30-5/h6-8,11-13H,9-10H2,1-5H3,(H,26,27). The van der Waals surface area contributed by atoms with Crippen LogP contribution in [-0.2, 0) is 22.8 Å².